The van der Waals surface area contributed by atoms with Gasteiger partial charge in [0.15, 0.2) is 5.78 Å². The molecule has 2 heterocycles. The minimum Gasteiger partial charge on any atom is -0.462 e. The maximum Gasteiger partial charge on any atom is 0.339 e. The summed E-state index contributed by atoms with van der Waals surface area (Å²) in [4.78, 5) is 43.5. The summed E-state index contributed by atoms with van der Waals surface area (Å²) in [6, 6.07) is 10.8. The molecule has 192 valence electrons. The van der Waals surface area contributed by atoms with Crippen molar-refractivity contribution in [1.82, 2.24) is 0 Å². The molecule has 37 heavy (non-hydrogen) atoms. The summed E-state index contributed by atoms with van der Waals surface area (Å²) in [5, 5.41) is 3.27. The third-order valence-corrected chi connectivity index (χ3v) is 7.96. The van der Waals surface area contributed by atoms with Crippen LogP contribution in [-0.4, -0.2) is 24.3 Å². The van der Waals surface area contributed by atoms with E-state index in [0.717, 1.165) is 10.0 Å². The molecule has 1 amide bonds. The highest BCUT2D eigenvalue weighted by Gasteiger charge is 2.63. The summed E-state index contributed by atoms with van der Waals surface area (Å²) in [7, 11) is 0. The van der Waals surface area contributed by atoms with Crippen LogP contribution in [0.3, 0.4) is 0 Å². The van der Waals surface area contributed by atoms with Crippen molar-refractivity contribution in [2.24, 2.45) is 11.1 Å². The monoisotopic (exact) mass is 583 g/mol. The van der Waals surface area contributed by atoms with Gasteiger partial charge in [-0.3, -0.25) is 14.5 Å². The lowest BCUT2D eigenvalue weighted by atomic mass is 9.60. The van der Waals surface area contributed by atoms with Crippen molar-refractivity contribution in [3.05, 3.63) is 79.7 Å². The third-order valence-electron chi connectivity index (χ3n) is 7.17. The molecular formula is C28H27BrClN3O4. The number of anilines is 2. The molecule has 0 radical (unpaired) electrons. The van der Waals surface area contributed by atoms with Crippen LogP contribution in [0.4, 0.5) is 11.4 Å². The van der Waals surface area contributed by atoms with Gasteiger partial charge in [-0.05, 0) is 49.9 Å². The number of esters is 1. The van der Waals surface area contributed by atoms with E-state index in [1.54, 1.807) is 36.1 Å². The second kappa shape index (κ2) is 8.74. The predicted octanol–water partition coefficient (Wildman–Crippen LogP) is 5.50. The fourth-order valence-electron chi connectivity index (χ4n) is 5.79. The van der Waals surface area contributed by atoms with Gasteiger partial charge in [0.1, 0.15) is 16.8 Å². The number of nitrogens with zero attached hydrogens (tertiary/aromatic N) is 1. The molecule has 1 unspecified atom stereocenters. The lowest BCUT2D eigenvalue weighted by Crippen LogP contribution is -2.54. The molecule has 0 bridgehead atoms. The summed E-state index contributed by atoms with van der Waals surface area (Å²) in [6.07, 6.45) is 0.646. The van der Waals surface area contributed by atoms with E-state index < -0.39 is 22.7 Å². The number of Topliss-reactive ketones (excluding diaryl/α,β-unsaturated/α-hetero) is 1. The third kappa shape index (κ3) is 3.72. The number of fused-ring (bicyclic) bond motifs is 3. The second-order valence-corrected chi connectivity index (χ2v) is 11.8. The molecule has 1 atom stereocenters. The first-order valence-corrected chi connectivity index (χ1v) is 13.2. The molecule has 0 saturated heterocycles. The zero-order valence-electron chi connectivity index (χ0n) is 21.0. The number of halogens is 2. The van der Waals surface area contributed by atoms with Gasteiger partial charge in [0.2, 0.25) is 5.91 Å². The van der Waals surface area contributed by atoms with Crippen LogP contribution in [0, 0.1) is 12.3 Å². The Kier molecular flexibility index (Phi) is 6.03. The normalized spacial score (nSPS) is 22.3. The van der Waals surface area contributed by atoms with Crippen molar-refractivity contribution in [3.8, 4) is 0 Å². The van der Waals surface area contributed by atoms with E-state index in [1.165, 1.54) is 0 Å². The smallest absolute Gasteiger partial charge is 0.339 e. The van der Waals surface area contributed by atoms with Crippen molar-refractivity contribution in [2.45, 2.75) is 46.0 Å². The molecule has 1 spiro atoms. The molecule has 2 aromatic rings. The molecule has 0 aromatic heterocycles. The van der Waals surface area contributed by atoms with E-state index in [9.17, 15) is 14.4 Å². The van der Waals surface area contributed by atoms with E-state index in [0.29, 0.717) is 34.1 Å². The Hall–Kier alpha value is -3.10. The van der Waals surface area contributed by atoms with Gasteiger partial charge < -0.3 is 15.8 Å². The molecule has 5 rings (SSSR count). The molecule has 7 nitrogen and oxygen atoms in total. The SMILES string of the molecule is CCOC(=O)C1=C(N)N(c2ccc(Br)cc2Cl)C2=C(C(=O)CC(C)(C)C2)C12C(=O)Nc1ccc(C)cc12. The van der Waals surface area contributed by atoms with Crippen LogP contribution < -0.4 is 16.0 Å². The van der Waals surface area contributed by atoms with Crippen LogP contribution in [-0.2, 0) is 24.5 Å². The molecule has 2 aromatic carbocycles. The Morgan fingerprint density at radius 2 is 1.92 bits per heavy atom. The minimum atomic E-state index is -1.74. The number of ketones is 1. The number of hydrogen-bond acceptors (Lipinski definition) is 6. The summed E-state index contributed by atoms with van der Waals surface area (Å²) in [5.74, 6) is -1.46. The first-order valence-electron chi connectivity index (χ1n) is 12.0. The van der Waals surface area contributed by atoms with E-state index >= 15 is 0 Å². The number of carbonyl (C=O) groups excluding carboxylic acids is 3. The van der Waals surface area contributed by atoms with Gasteiger partial charge in [0, 0.05) is 33.4 Å². The molecule has 3 aliphatic rings. The second-order valence-electron chi connectivity index (χ2n) is 10.4. The van der Waals surface area contributed by atoms with Gasteiger partial charge in [0.05, 0.1) is 17.3 Å². The standard InChI is InChI=1S/C28H27BrClN3O4/c1-5-37-25(35)23-24(31)33(19-9-7-15(29)11-17(19)30)20-12-27(3,4)13-21(34)22(20)28(23)16-10-14(2)6-8-18(16)32-26(28)36/h6-11H,5,12-13,31H2,1-4H3,(H,32,36). The molecular weight excluding hydrogens is 558 g/mol. The molecule has 1 aliphatic carbocycles. The fraction of sp³-hybridized carbons (Fsp3) is 0.321. The predicted molar refractivity (Wildman–Crippen MR) is 146 cm³/mol. The Morgan fingerprint density at radius 3 is 2.59 bits per heavy atom. The first-order chi connectivity index (χ1) is 17.4. The van der Waals surface area contributed by atoms with Crippen molar-refractivity contribution in [1.29, 1.82) is 0 Å². The van der Waals surface area contributed by atoms with Gasteiger partial charge in [-0.2, -0.15) is 0 Å². The van der Waals surface area contributed by atoms with Crippen molar-refractivity contribution in [2.75, 3.05) is 16.8 Å². The highest BCUT2D eigenvalue weighted by molar-refractivity contribution is 9.10. The van der Waals surface area contributed by atoms with Crippen LogP contribution in [0.2, 0.25) is 5.02 Å². The molecule has 0 saturated carbocycles. The highest BCUT2D eigenvalue weighted by Crippen LogP contribution is 2.58. The molecule has 2 aliphatic heterocycles. The maximum absolute atomic E-state index is 14.1. The lowest BCUT2D eigenvalue weighted by Gasteiger charge is -2.47. The number of carbonyl (C=O) groups is 3. The quantitative estimate of drug-likeness (QED) is 0.462. The Balaban J connectivity index is 1.94. The number of aryl methyl sites for hydroxylation is 1. The Labute approximate surface area is 228 Å². The molecule has 3 N–H and O–H groups in total. The maximum atomic E-state index is 14.1. The Morgan fingerprint density at radius 1 is 1.19 bits per heavy atom. The number of rotatable bonds is 3. The number of nitrogens with one attached hydrogen (secondary N) is 1. The number of ether oxygens (including phenoxy) is 1. The number of allylic oxidation sites excluding steroid dienone is 1. The van der Waals surface area contributed by atoms with Crippen molar-refractivity contribution >= 4 is 56.6 Å². The zero-order valence-corrected chi connectivity index (χ0v) is 23.3. The average molecular weight is 585 g/mol. The molecule has 0 fully saturated rings. The van der Waals surface area contributed by atoms with Crippen LogP contribution in [0.1, 0.15) is 44.7 Å². The van der Waals surface area contributed by atoms with Crippen LogP contribution in [0.5, 0.6) is 0 Å². The summed E-state index contributed by atoms with van der Waals surface area (Å²) < 4.78 is 6.22. The van der Waals surface area contributed by atoms with Gasteiger partial charge in [-0.25, -0.2) is 4.79 Å². The topological polar surface area (TPSA) is 102 Å². The van der Waals surface area contributed by atoms with Crippen LogP contribution in [0.25, 0.3) is 0 Å². The lowest BCUT2D eigenvalue weighted by molar-refractivity contribution is -0.140. The van der Waals surface area contributed by atoms with E-state index in [4.69, 9.17) is 22.1 Å². The zero-order chi connectivity index (χ0) is 26.9. The van der Waals surface area contributed by atoms with Crippen LogP contribution >= 0.6 is 27.5 Å². The average Bonchev–Trinajstić information content (AvgIpc) is 3.05. The van der Waals surface area contributed by atoms with Crippen molar-refractivity contribution < 1.29 is 19.1 Å². The summed E-state index contributed by atoms with van der Waals surface area (Å²) >= 11 is 10.1. The van der Waals surface area contributed by atoms with E-state index in [2.05, 4.69) is 21.2 Å². The van der Waals surface area contributed by atoms with E-state index in [1.807, 2.05) is 32.9 Å². The van der Waals surface area contributed by atoms with Gasteiger partial charge in [-0.15, -0.1) is 0 Å². The number of hydrogen-bond donors (Lipinski definition) is 2. The Bertz CT molecular complexity index is 1460. The minimum absolute atomic E-state index is 0.0106. The van der Waals surface area contributed by atoms with Crippen molar-refractivity contribution in [3.63, 3.8) is 0 Å². The highest BCUT2D eigenvalue weighted by atomic mass is 79.9. The van der Waals surface area contributed by atoms with Gasteiger partial charge in [0.25, 0.3) is 0 Å². The van der Waals surface area contributed by atoms with Crippen LogP contribution in [0.15, 0.2) is 63.5 Å². The fourth-order valence-corrected chi connectivity index (χ4v) is 6.55. The molecule has 9 heteroatoms. The first kappa shape index (κ1) is 25.5. The number of benzene rings is 2. The summed E-state index contributed by atoms with van der Waals surface area (Å²) in [6.45, 7) is 7.64. The largest absolute Gasteiger partial charge is 0.462 e. The number of amides is 1. The van der Waals surface area contributed by atoms with Gasteiger partial charge in [-0.1, -0.05) is 59.1 Å². The summed E-state index contributed by atoms with van der Waals surface area (Å²) in [5.41, 5.74) is 7.85. The van der Waals surface area contributed by atoms with Gasteiger partial charge >= 0.3 is 5.97 Å². The number of nitrogens with two attached hydrogens (primary N) is 1. The van der Waals surface area contributed by atoms with E-state index in [-0.39, 0.29) is 35.8 Å².